The SMILES string of the molecule is Cc1cccc(C(C)C)c1NC(=O)CC1CC2CCC(C1)N2.Cl. The average Bonchev–Trinajstić information content (AvgIpc) is 2.80. The van der Waals surface area contributed by atoms with E-state index in [2.05, 4.69) is 49.6 Å². The molecule has 4 heteroatoms. The van der Waals surface area contributed by atoms with Crippen molar-refractivity contribution in [1.82, 2.24) is 5.32 Å². The van der Waals surface area contributed by atoms with Crippen LogP contribution in [0.1, 0.15) is 63.0 Å². The number of aryl methyl sites for hydroxylation is 1. The predicted octanol–water partition coefficient (Wildman–Crippen LogP) is 4.40. The van der Waals surface area contributed by atoms with Crippen molar-refractivity contribution in [2.24, 2.45) is 5.92 Å². The minimum absolute atomic E-state index is 0. The Balaban J connectivity index is 0.00000192. The summed E-state index contributed by atoms with van der Waals surface area (Å²) in [6, 6.07) is 7.58. The summed E-state index contributed by atoms with van der Waals surface area (Å²) in [5.74, 6) is 1.15. The van der Waals surface area contributed by atoms with E-state index in [1.165, 1.54) is 18.4 Å². The Morgan fingerprint density at radius 2 is 1.91 bits per heavy atom. The van der Waals surface area contributed by atoms with Gasteiger partial charge in [0.05, 0.1) is 0 Å². The molecule has 3 nitrogen and oxygen atoms in total. The van der Waals surface area contributed by atoms with Crippen molar-refractivity contribution in [2.75, 3.05) is 5.32 Å². The van der Waals surface area contributed by atoms with Crippen LogP contribution in [0.2, 0.25) is 0 Å². The van der Waals surface area contributed by atoms with Crippen LogP contribution < -0.4 is 10.6 Å². The van der Waals surface area contributed by atoms with E-state index in [1.807, 2.05) is 0 Å². The van der Waals surface area contributed by atoms with Gasteiger partial charge in [-0.25, -0.2) is 0 Å². The van der Waals surface area contributed by atoms with E-state index < -0.39 is 0 Å². The molecule has 2 aliphatic heterocycles. The van der Waals surface area contributed by atoms with Crippen LogP contribution >= 0.6 is 12.4 Å². The van der Waals surface area contributed by atoms with Crippen molar-refractivity contribution in [3.63, 3.8) is 0 Å². The van der Waals surface area contributed by atoms with E-state index in [0.29, 0.717) is 30.3 Å². The Kier molecular flexibility index (Phi) is 6.10. The predicted molar refractivity (Wildman–Crippen MR) is 98.4 cm³/mol. The first-order valence-electron chi connectivity index (χ1n) is 8.68. The number of halogens is 1. The number of anilines is 1. The third-order valence-corrected chi connectivity index (χ3v) is 5.24. The van der Waals surface area contributed by atoms with Gasteiger partial charge in [0.1, 0.15) is 0 Å². The maximum Gasteiger partial charge on any atom is 0.224 e. The summed E-state index contributed by atoms with van der Waals surface area (Å²) in [5.41, 5.74) is 3.42. The lowest BCUT2D eigenvalue weighted by Gasteiger charge is -2.28. The number of amides is 1. The molecule has 2 atom stereocenters. The molecule has 2 heterocycles. The Bertz CT molecular complexity index is 546. The third-order valence-electron chi connectivity index (χ3n) is 5.24. The lowest BCUT2D eigenvalue weighted by molar-refractivity contribution is -0.117. The summed E-state index contributed by atoms with van der Waals surface area (Å²) < 4.78 is 0. The van der Waals surface area contributed by atoms with Gasteiger partial charge in [-0.1, -0.05) is 32.0 Å². The molecule has 0 aromatic heterocycles. The Morgan fingerprint density at radius 3 is 2.52 bits per heavy atom. The second-order valence-corrected chi connectivity index (χ2v) is 7.42. The summed E-state index contributed by atoms with van der Waals surface area (Å²) in [7, 11) is 0. The molecule has 2 unspecified atom stereocenters. The zero-order chi connectivity index (χ0) is 15.7. The number of hydrogen-bond donors (Lipinski definition) is 2. The molecule has 2 aliphatic rings. The van der Waals surface area contributed by atoms with Crippen LogP contribution in [0.3, 0.4) is 0 Å². The van der Waals surface area contributed by atoms with Crippen molar-refractivity contribution < 1.29 is 4.79 Å². The minimum atomic E-state index is 0. The highest BCUT2D eigenvalue weighted by Gasteiger charge is 2.34. The molecule has 2 fully saturated rings. The fourth-order valence-corrected chi connectivity index (χ4v) is 4.14. The Labute approximate surface area is 146 Å². The quantitative estimate of drug-likeness (QED) is 0.855. The van der Waals surface area contributed by atoms with Gasteiger partial charge in [-0.3, -0.25) is 4.79 Å². The minimum Gasteiger partial charge on any atom is -0.326 e. The molecular formula is C19H29ClN2O. The van der Waals surface area contributed by atoms with E-state index in [1.54, 1.807) is 0 Å². The number of carbonyl (C=O) groups is 1. The van der Waals surface area contributed by atoms with Crippen LogP contribution in [0.5, 0.6) is 0 Å². The maximum atomic E-state index is 12.5. The number of para-hydroxylation sites is 1. The number of piperidine rings is 1. The molecule has 2 bridgehead atoms. The van der Waals surface area contributed by atoms with Gasteiger partial charge in [0.25, 0.3) is 0 Å². The lowest BCUT2D eigenvalue weighted by atomic mass is 9.89. The molecule has 0 aliphatic carbocycles. The molecule has 128 valence electrons. The number of rotatable bonds is 4. The standard InChI is InChI=1S/C19H28N2O.ClH/c1-12(2)17-6-4-5-13(3)19(17)21-18(22)11-14-9-15-7-8-16(10-14)20-15;/h4-6,12,14-16,20H,7-11H2,1-3H3,(H,21,22);1H. The monoisotopic (exact) mass is 336 g/mol. The molecule has 1 amide bonds. The van der Waals surface area contributed by atoms with Crippen LogP contribution in [0.4, 0.5) is 5.69 Å². The first-order chi connectivity index (χ1) is 10.5. The fraction of sp³-hybridized carbons (Fsp3) is 0.632. The van der Waals surface area contributed by atoms with Crippen LogP contribution in [-0.2, 0) is 4.79 Å². The molecule has 0 radical (unpaired) electrons. The number of hydrogen-bond acceptors (Lipinski definition) is 2. The second kappa shape index (κ2) is 7.67. The maximum absolute atomic E-state index is 12.5. The highest BCUT2D eigenvalue weighted by atomic mass is 35.5. The number of nitrogens with one attached hydrogen (secondary N) is 2. The van der Waals surface area contributed by atoms with E-state index in [0.717, 1.165) is 24.1 Å². The number of fused-ring (bicyclic) bond motifs is 2. The molecule has 2 saturated heterocycles. The van der Waals surface area contributed by atoms with Crippen molar-refractivity contribution in [2.45, 2.75) is 70.9 Å². The van der Waals surface area contributed by atoms with Crippen molar-refractivity contribution in [1.29, 1.82) is 0 Å². The molecule has 1 aromatic carbocycles. The lowest BCUT2D eigenvalue weighted by Crippen LogP contribution is -2.39. The third kappa shape index (κ3) is 4.27. The zero-order valence-electron chi connectivity index (χ0n) is 14.4. The van der Waals surface area contributed by atoms with Gasteiger partial charge in [0.2, 0.25) is 5.91 Å². The summed E-state index contributed by atoms with van der Waals surface area (Å²) in [6.07, 6.45) is 5.57. The molecule has 3 rings (SSSR count). The van der Waals surface area contributed by atoms with Crippen molar-refractivity contribution in [3.05, 3.63) is 29.3 Å². The number of benzene rings is 1. The van der Waals surface area contributed by atoms with E-state index in [9.17, 15) is 4.79 Å². The molecule has 23 heavy (non-hydrogen) atoms. The smallest absolute Gasteiger partial charge is 0.224 e. The molecule has 2 N–H and O–H groups in total. The zero-order valence-corrected chi connectivity index (χ0v) is 15.2. The molecule has 0 saturated carbocycles. The summed E-state index contributed by atoms with van der Waals surface area (Å²) in [4.78, 5) is 12.5. The van der Waals surface area contributed by atoms with Gasteiger partial charge >= 0.3 is 0 Å². The van der Waals surface area contributed by atoms with Crippen LogP contribution in [0.15, 0.2) is 18.2 Å². The highest BCUT2D eigenvalue weighted by molar-refractivity contribution is 5.92. The van der Waals surface area contributed by atoms with Gasteiger partial charge in [0, 0.05) is 24.2 Å². The second-order valence-electron chi connectivity index (χ2n) is 7.42. The highest BCUT2D eigenvalue weighted by Crippen LogP contribution is 2.33. The van der Waals surface area contributed by atoms with Gasteiger partial charge in [0.15, 0.2) is 0 Å². The summed E-state index contributed by atoms with van der Waals surface area (Å²) in [5, 5.41) is 6.84. The Hall–Kier alpha value is -1.06. The van der Waals surface area contributed by atoms with Gasteiger partial charge in [-0.15, -0.1) is 12.4 Å². The normalized spacial score (nSPS) is 26.0. The summed E-state index contributed by atoms with van der Waals surface area (Å²) in [6.45, 7) is 6.43. The van der Waals surface area contributed by atoms with Gasteiger partial charge in [-0.2, -0.15) is 0 Å². The fourth-order valence-electron chi connectivity index (χ4n) is 4.14. The Morgan fingerprint density at radius 1 is 1.26 bits per heavy atom. The van der Waals surface area contributed by atoms with E-state index in [-0.39, 0.29) is 18.3 Å². The van der Waals surface area contributed by atoms with E-state index in [4.69, 9.17) is 0 Å². The molecular weight excluding hydrogens is 308 g/mol. The topological polar surface area (TPSA) is 41.1 Å². The number of carbonyl (C=O) groups excluding carboxylic acids is 1. The van der Waals surface area contributed by atoms with Gasteiger partial charge < -0.3 is 10.6 Å². The largest absolute Gasteiger partial charge is 0.326 e. The molecule has 1 aromatic rings. The first-order valence-corrected chi connectivity index (χ1v) is 8.68. The van der Waals surface area contributed by atoms with Crippen LogP contribution in [0.25, 0.3) is 0 Å². The van der Waals surface area contributed by atoms with Crippen LogP contribution in [-0.4, -0.2) is 18.0 Å². The van der Waals surface area contributed by atoms with Crippen molar-refractivity contribution >= 4 is 24.0 Å². The molecule has 0 spiro atoms. The van der Waals surface area contributed by atoms with Crippen LogP contribution in [0, 0.1) is 12.8 Å². The van der Waals surface area contributed by atoms with Gasteiger partial charge in [-0.05, 0) is 55.6 Å². The van der Waals surface area contributed by atoms with E-state index >= 15 is 0 Å². The summed E-state index contributed by atoms with van der Waals surface area (Å²) >= 11 is 0. The first kappa shape index (κ1) is 18.3. The average molecular weight is 337 g/mol. The van der Waals surface area contributed by atoms with Crippen molar-refractivity contribution in [3.8, 4) is 0 Å².